The van der Waals surface area contributed by atoms with Gasteiger partial charge in [0.25, 0.3) is 0 Å². The largest absolute Gasteiger partial charge is 0.463 e. The van der Waals surface area contributed by atoms with Crippen LogP contribution in [-0.2, 0) is 17.8 Å². The van der Waals surface area contributed by atoms with Gasteiger partial charge in [0.1, 0.15) is 11.5 Å². The molecule has 4 heteroatoms. The van der Waals surface area contributed by atoms with Crippen molar-refractivity contribution < 1.29 is 9.15 Å². The van der Waals surface area contributed by atoms with Crippen LogP contribution in [0.5, 0.6) is 0 Å². The molecule has 2 heterocycles. The molecule has 1 aromatic heterocycles. The highest BCUT2D eigenvalue weighted by atomic mass is 16.5. The summed E-state index contributed by atoms with van der Waals surface area (Å²) in [7, 11) is 0. The van der Waals surface area contributed by atoms with E-state index in [0.29, 0.717) is 6.04 Å². The Kier molecular flexibility index (Phi) is 5.43. The molecule has 1 aromatic rings. The zero-order valence-electron chi connectivity index (χ0n) is 12.4. The van der Waals surface area contributed by atoms with Crippen LogP contribution in [-0.4, -0.2) is 37.2 Å². The lowest BCUT2D eigenvalue weighted by atomic mass is 10.2. The van der Waals surface area contributed by atoms with E-state index in [1.165, 1.54) is 5.56 Å². The van der Waals surface area contributed by atoms with Crippen LogP contribution in [0.25, 0.3) is 0 Å². The highest BCUT2D eigenvalue weighted by molar-refractivity contribution is 5.20. The summed E-state index contributed by atoms with van der Waals surface area (Å²) in [5.74, 6) is 2.13. The van der Waals surface area contributed by atoms with Gasteiger partial charge in [0.15, 0.2) is 0 Å². The second-order valence-corrected chi connectivity index (χ2v) is 5.60. The number of hydrogen-bond donors (Lipinski definition) is 1. The van der Waals surface area contributed by atoms with E-state index in [-0.39, 0.29) is 0 Å². The minimum Gasteiger partial charge on any atom is -0.463 e. The van der Waals surface area contributed by atoms with Crippen molar-refractivity contribution in [2.45, 2.75) is 46.3 Å². The summed E-state index contributed by atoms with van der Waals surface area (Å²) >= 11 is 0. The van der Waals surface area contributed by atoms with Crippen molar-refractivity contribution in [3.63, 3.8) is 0 Å². The van der Waals surface area contributed by atoms with Crippen LogP contribution in [0, 0.1) is 6.92 Å². The van der Waals surface area contributed by atoms with Crippen LogP contribution in [0.2, 0.25) is 0 Å². The van der Waals surface area contributed by atoms with Gasteiger partial charge in [-0.2, -0.15) is 0 Å². The summed E-state index contributed by atoms with van der Waals surface area (Å²) in [5, 5.41) is 3.40. The fourth-order valence-electron chi connectivity index (χ4n) is 2.32. The van der Waals surface area contributed by atoms with Crippen LogP contribution in [0.4, 0.5) is 0 Å². The summed E-state index contributed by atoms with van der Waals surface area (Å²) < 4.78 is 11.4. The molecule has 4 nitrogen and oxygen atoms in total. The third kappa shape index (κ3) is 4.64. The third-order valence-corrected chi connectivity index (χ3v) is 3.44. The van der Waals surface area contributed by atoms with Crippen molar-refractivity contribution in [3.05, 3.63) is 23.2 Å². The van der Waals surface area contributed by atoms with Crippen LogP contribution < -0.4 is 5.32 Å². The van der Waals surface area contributed by atoms with Gasteiger partial charge in [0.2, 0.25) is 0 Å². The lowest BCUT2D eigenvalue weighted by Gasteiger charge is -2.17. The third-order valence-electron chi connectivity index (χ3n) is 3.44. The van der Waals surface area contributed by atoms with Gasteiger partial charge in [-0.3, -0.25) is 4.90 Å². The number of aryl methyl sites for hydroxylation is 1. The van der Waals surface area contributed by atoms with Crippen molar-refractivity contribution in [2.24, 2.45) is 0 Å². The van der Waals surface area contributed by atoms with Crippen molar-refractivity contribution in [1.82, 2.24) is 10.2 Å². The smallest absolute Gasteiger partial charge is 0.120 e. The number of rotatable bonds is 5. The predicted octanol–water partition coefficient (Wildman–Crippen LogP) is 2.31. The minimum atomic E-state index is 0.482. The molecule has 0 aliphatic carbocycles. The Morgan fingerprint density at radius 3 is 2.95 bits per heavy atom. The van der Waals surface area contributed by atoms with E-state index in [2.05, 4.69) is 37.1 Å². The van der Waals surface area contributed by atoms with Crippen molar-refractivity contribution in [1.29, 1.82) is 0 Å². The molecule has 0 amide bonds. The number of nitrogens with one attached hydrogen (secondary N) is 1. The van der Waals surface area contributed by atoms with Crippen LogP contribution in [0.15, 0.2) is 10.5 Å². The molecule has 0 atom stereocenters. The average molecular weight is 266 g/mol. The second kappa shape index (κ2) is 7.08. The molecule has 0 bridgehead atoms. The van der Waals surface area contributed by atoms with Gasteiger partial charge in [-0.15, -0.1) is 0 Å². The maximum absolute atomic E-state index is 5.96. The van der Waals surface area contributed by atoms with Crippen LogP contribution in [0.3, 0.4) is 0 Å². The summed E-state index contributed by atoms with van der Waals surface area (Å²) in [4.78, 5) is 2.41. The van der Waals surface area contributed by atoms with Gasteiger partial charge in [0.05, 0.1) is 19.7 Å². The molecule has 108 valence electrons. The number of nitrogens with zero attached hydrogens (tertiary/aromatic N) is 1. The van der Waals surface area contributed by atoms with E-state index in [0.717, 1.165) is 57.3 Å². The zero-order valence-corrected chi connectivity index (χ0v) is 12.4. The summed E-state index contributed by atoms with van der Waals surface area (Å²) in [6.07, 6.45) is 1.11. The maximum atomic E-state index is 5.96. The normalized spacial score (nSPS) is 17.9. The molecule has 0 radical (unpaired) electrons. The van der Waals surface area contributed by atoms with Gasteiger partial charge in [-0.05, 0) is 25.0 Å². The molecular weight excluding hydrogens is 240 g/mol. The molecule has 19 heavy (non-hydrogen) atoms. The summed E-state index contributed by atoms with van der Waals surface area (Å²) in [6, 6.07) is 2.65. The molecule has 1 N–H and O–H groups in total. The second-order valence-electron chi connectivity index (χ2n) is 5.60. The molecule has 2 rings (SSSR count). The molecule has 0 saturated carbocycles. The fraction of sp³-hybridized carbons (Fsp3) is 0.733. The van der Waals surface area contributed by atoms with E-state index in [1.807, 2.05) is 0 Å². The Labute approximate surface area is 116 Å². The van der Waals surface area contributed by atoms with E-state index < -0.39 is 0 Å². The zero-order chi connectivity index (χ0) is 13.7. The molecule has 1 fully saturated rings. The highest BCUT2D eigenvalue weighted by Gasteiger charge is 2.13. The molecule has 1 saturated heterocycles. The Hall–Kier alpha value is -0.840. The van der Waals surface area contributed by atoms with Crippen LogP contribution in [0.1, 0.15) is 37.4 Å². The fourth-order valence-corrected chi connectivity index (χ4v) is 2.32. The topological polar surface area (TPSA) is 37.6 Å². The summed E-state index contributed by atoms with van der Waals surface area (Å²) in [6.45, 7) is 11.9. The Morgan fingerprint density at radius 1 is 1.32 bits per heavy atom. The number of ether oxygens (including phenoxy) is 1. The standard InChI is InChI=1S/C15H26N2O2/c1-12(2)16-10-15-13(3)9-14(19-15)11-17-5-4-7-18-8-6-17/h9,12,16H,4-8,10-11H2,1-3H3. The summed E-state index contributed by atoms with van der Waals surface area (Å²) in [5.41, 5.74) is 1.24. The van der Waals surface area contributed by atoms with E-state index in [9.17, 15) is 0 Å². The SMILES string of the molecule is Cc1cc(CN2CCCOCC2)oc1CNC(C)C. The average Bonchev–Trinajstić information content (AvgIpc) is 2.56. The van der Waals surface area contributed by atoms with Gasteiger partial charge < -0.3 is 14.5 Å². The van der Waals surface area contributed by atoms with E-state index in [4.69, 9.17) is 9.15 Å². The van der Waals surface area contributed by atoms with E-state index in [1.54, 1.807) is 0 Å². The first-order valence-electron chi connectivity index (χ1n) is 7.27. The highest BCUT2D eigenvalue weighted by Crippen LogP contribution is 2.17. The monoisotopic (exact) mass is 266 g/mol. The minimum absolute atomic E-state index is 0.482. The van der Waals surface area contributed by atoms with E-state index >= 15 is 0 Å². The number of furan rings is 1. The van der Waals surface area contributed by atoms with Gasteiger partial charge in [-0.1, -0.05) is 13.8 Å². The van der Waals surface area contributed by atoms with Crippen molar-refractivity contribution >= 4 is 0 Å². The van der Waals surface area contributed by atoms with Crippen molar-refractivity contribution in [3.8, 4) is 0 Å². The molecule has 1 aliphatic rings. The van der Waals surface area contributed by atoms with Crippen LogP contribution >= 0.6 is 0 Å². The molecular formula is C15H26N2O2. The van der Waals surface area contributed by atoms with Gasteiger partial charge in [-0.25, -0.2) is 0 Å². The Balaban J connectivity index is 1.91. The molecule has 0 spiro atoms. The lowest BCUT2D eigenvalue weighted by molar-refractivity contribution is 0.139. The number of hydrogen-bond acceptors (Lipinski definition) is 4. The Morgan fingerprint density at radius 2 is 2.16 bits per heavy atom. The van der Waals surface area contributed by atoms with Gasteiger partial charge >= 0.3 is 0 Å². The molecule has 0 unspecified atom stereocenters. The quantitative estimate of drug-likeness (QED) is 0.887. The first kappa shape index (κ1) is 14.6. The Bertz CT molecular complexity index is 379. The van der Waals surface area contributed by atoms with Gasteiger partial charge in [0, 0.05) is 25.7 Å². The first-order chi connectivity index (χ1) is 9.15. The maximum Gasteiger partial charge on any atom is 0.120 e. The lowest BCUT2D eigenvalue weighted by Crippen LogP contribution is -2.25. The molecule has 0 aromatic carbocycles. The predicted molar refractivity (Wildman–Crippen MR) is 76.1 cm³/mol. The van der Waals surface area contributed by atoms with Crippen molar-refractivity contribution in [2.75, 3.05) is 26.3 Å². The first-order valence-corrected chi connectivity index (χ1v) is 7.27. The molecule has 1 aliphatic heterocycles.